The smallest absolute Gasteiger partial charge is 0.275 e. The minimum Gasteiger partial charge on any atom is -0.490 e. The number of fused-ring (bicyclic) bond motifs is 1. The summed E-state index contributed by atoms with van der Waals surface area (Å²) in [6, 6.07) is 33.2. The second-order valence-electron chi connectivity index (χ2n) is 18.4. The Labute approximate surface area is 414 Å². The van der Waals surface area contributed by atoms with Crippen molar-refractivity contribution in [3.05, 3.63) is 153 Å². The van der Waals surface area contributed by atoms with Crippen molar-refractivity contribution < 1.29 is 19.1 Å². The van der Waals surface area contributed by atoms with Crippen molar-refractivity contribution in [2.24, 2.45) is 5.92 Å². The highest BCUT2D eigenvalue weighted by Gasteiger charge is 2.31. The van der Waals surface area contributed by atoms with E-state index >= 15 is 0 Å². The van der Waals surface area contributed by atoms with Gasteiger partial charge in [0, 0.05) is 85.3 Å². The Morgan fingerprint density at radius 3 is 2.25 bits per heavy atom. The van der Waals surface area contributed by atoms with Gasteiger partial charge in [0.1, 0.15) is 6.04 Å². The highest BCUT2D eigenvalue weighted by atomic mass is 16.5. The Bertz CT molecular complexity index is 3330. The van der Waals surface area contributed by atoms with Crippen molar-refractivity contribution in [2.45, 2.75) is 45.2 Å². The molecule has 0 bridgehead atoms. The van der Waals surface area contributed by atoms with Crippen LogP contribution in [0.1, 0.15) is 48.5 Å². The number of ether oxygens (including phenoxy) is 1. The van der Waals surface area contributed by atoms with Crippen molar-refractivity contribution in [2.75, 3.05) is 67.5 Å². The number of anilines is 3. The maximum Gasteiger partial charge on any atom is 0.275 e. The summed E-state index contributed by atoms with van der Waals surface area (Å²) in [6.07, 6.45) is 5.39. The molecule has 3 saturated heterocycles. The predicted molar refractivity (Wildman–Crippen MR) is 272 cm³/mol. The highest BCUT2D eigenvalue weighted by molar-refractivity contribution is 5.99. The predicted octanol–water partition coefficient (Wildman–Crippen LogP) is 5.34. The summed E-state index contributed by atoms with van der Waals surface area (Å²) in [6.45, 7) is 7.13. The molecule has 7 aromatic rings. The van der Waals surface area contributed by atoms with Crippen LogP contribution in [0.2, 0.25) is 0 Å². The molecule has 72 heavy (non-hydrogen) atoms. The Morgan fingerprint density at radius 2 is 1.50 bits per heavy atom. The number of aromatic nitrogens is 6. The Hall–Kier alpha value is -8.72. The quantitative estimate of drug-likeness (QED) is 0.140. The number of nitrogens with one attached hydrogen (secondary N) is 2. The number of hydrogen-bond acceptors (Lipinski definition) is 14. The monoisotopic (exact) mass is 964 g/mol. The van der Waals surface area contributed by atoms with Gasteiger partial charge in [-0.2, -0.15) is 15.5 Å². The third-order valence-electron chi connectivity index (χ3n) is 13.7. The number of imide groups is 1. The maximum atomic E-state index is 13.6. The Morgan fingerprint density at radius 1 is 0.778 bits per heavy atom. The molecular weight excluding hydrogens is 913 g/mol. The number of rotatable bonds is 13. The van der Waals surface area contributed by atoms with Gasteiger partial charge in [0.05, 0.1) is 60.5 Å². The number of benzene rings is 4. The average Bonchev–Trinajstić information content (AvgIpc) is 3.42. The van der Waals surface area contributed by atoms with E-state index in [-0.39, 0.29) is 54.8 Å². The van der Waals surface area contributed by atoms with E-state index in [1.54, 1.807) is 36.7 Å². The van der Waals surface area contributed by atoms with Crippen LogP contribution >= 0.6 is 0 Å². The lowest BCUT2D eigenvalue weighted by atomic mass is 9.98. The summed E-state index contributed by atoms with van der Waals surface area (Å²) in [4.78, 5) is 79.5. The minimum atomic E-state index is -0.821. The zero-order valence-corrected chi connectivity index (χ0v) is 39.7. The molecule has 364 valence electrons. The lowest BCUT2D eigenvalue weighted by Crippen LogP contribution is -2.46. The van der Waals surface area contributed by atoms with Crippen LogP contribution in [0, 0.1) is 24.2 Å². The summed E-state index contributed by atoms with van der Waals surface area (Å²) < 4.78 is 8.73. The van der Waals surface area contributed by atoms with Crippen molar-refractivity contribution in [1.82, 2.24) is 39.7 Å². The second kappa shape index (κ2) is 20.7. The van der Waals surface area contributed by atoms with Crippen molar-refractivity contribution in [3.63, 3.8) is 0 Å². The van der Waals surface area contributed by atoms with E-state index in [2.05, 4.69) is 58.8 Å². The van der Waals surface area contributed by atoms with Crippen LogP contribution in [0.4, 0.5) is 17.1 Å². The molecule has 6 heterocycles. The molecule has 2 N–H and O–H groups in total. The van der Waals surface area contributed by atoms with Crippen molar-refractivity contribution in [1.29, 1.82) is 5.26 Å². The third kappa shape index (κ3) is 10.4. The van der Waals surface area contributed by atoms with Crippen molar-refractivity contribution >= 4 is 45.6 Å². The number of amides is 3. The fraction of sp³-hybridized carbons (Fsp3) is 0.296. The fourth-order valence-corrected chi connectivity index (χ4v) is 9.58. The van der Waals surface area contributed by atoms with Gasteiger partial charge in [0.25, 0.3) is 17.0 Å². The minimum absolute atomic E-state index is 0.0526. The molecule has 3 aromatic heterocycles. The number of carbonyl (C=O) groups is 3. The fourth-order valence-electron chi connectivity index (χ4n) is 9.58. The van der Waals surface area contributed by atoms with Gasteiger partial charge in [-0.25, -0.2) is 19.3 Å². The van der Waals surface area contributed by atoms with Gasteiger partial charge in [-0.05, 0) is 98.3 Å². The Kier molecular flexibility index (Phi) is 13.5. The topological polar surface area (TPSA) is 214 Å². The molecule has 1 atom stereocenters. The van der Waals surface area contributed by atoms with Crippen molar-refractivity contribution in [3.8, 4) is 34.5 Å². The van der Waals surface area contributed by atoms with Crippen LogP contribution in [-0.2, 0) is 20.9 Å². The molecule has 1 unspecified atom stereocenters. The van der Waals surface area contributed by atoms with Gasteiger partial charge >= 0.3 is 0 Å². The summed E-state index contributed by atoms with van der Waals surface area (Å²) in [7, 11) is 0. The van der Waals surface area contributed by atoms with Crippen LogP contribution in [0.15, 0.2) is 125 Å². The highest BCUT2D eigenvalue weighted by Crippen LogP contribution is 2.28. The van der Waals surface area contributed by atoms with Crippen LogP contribution < -0.4 is 36.3 Å². The zero-order chi connectivity index (χ0) is 49.7. The third-order valence-corrected chi connectivity index (χ3v) is 13.7. The van der Waals surface area contributed by atoms with E-state index in [1.165, 1.54) is 15.4 Å². The first-order chi connectivity index (χ1) is 35.0. The summed E-state index contributed by atoms with van der Waals surface area (Å²) in [5.41, 5.74) is 6.46. The zero-order valence-electron chi connectivity index (χ0n) is 39.7. The van der Waals surface area contributed by atoms with E-state index in [0.29, 0.717) is 53.6 Å². The molecule has 10 rings (SSSR count). The summed E-state index contributed by atoms with van der Waals surface area (Å²) in [5.74, 6) is 0.590. The lowest BCUT2D eigenvalue weighted by Gasteiger charge is -2.37. The molecule has 18 nitrogen and oxygen atoms in total. The number of piperidine rings is 2. The molecule has 18 heteroatoms. The van der Waals surface area contributed by atoms with Crippen LogP contribution in [0.25, 0.3) is 33.4 Å². The number of carbonyl (C=O) groups excluding carboxylic acids is 3. The molecule has 0 aliphatic carbocycles. The van der Waals surface area contributed by atoms with Crippen LogP contribution in [0.5, 0.6) is 5.75 Å². The molecule has 3 aliphatic heterocycles. The molecule has 0 radical (unpaired) electrons. The first-order valence-corrected chi connectivity index (χ1v) is 24.2. The first-order valence-electron chi connectivity index (χ1n) is 24.2. The van der Waals surface area contributed by atoms with Crippen LogP contribution in [-0.4, -0.2) is 105 Å². The van der Waals surface area contributed by atoms with E-state index in [0.717, 1.165) is 78.2 Å². The molecule has 3 amide bonds. The first kappa shape index (κ1) is 47.0. The van der Waals surface area contributed by atoms with E-state index in [9.17, 15) is 29.2 Å². The number of piperazine rings is 1. The maximum absolute atomic E-state index is 13.6. The largest absolute Gasteiger partial charge is 0.490 e. The van der Waals surface area contributed by atoms with Gasteiger partial charge in [0.15, 0.2) is 11.6 Å². The van der Waals surface area contributed by atoms with Gasteiger partial charge in [-0.1, -0.05) is 36.4 Å². The molecule has 0 spiro atoms. The number of aryl methyl sites for hydroxylation is 1. The summed E-state index contributed by atoms with van der Waals surface area (Å²) >= 11 is 0. The molecular formula is C54H52N12O6. The van der Waals surface area contributed by atoms with E-state index < -0.39 is 11.9 Å². The van der Waals surface area contributed by atoms with E-state index in [1.807, 2.05) is 72.5 Å². The number of hydrogen-bond donors (Lipinski definition) is 2. The van der Waals surface area contributed by atoms with Gasteiger partial charge in [-0.15, -0.1) is 0 Å². The SMILES string of the molecule is Cc1nn(C2CCC(=O)NC2=O)c(=O)c2cc(N3CCN(c4ccc(NCC(=O)N5CCC(COc6cnc(-c7cccc(Cn8nc(-c9cccc(C#N)c9)ccc8=O)c7)nc6)CC5)cc4)CC3)ccc12. The van der Waals surface area contributed by atoms with Crippen LogP contribution in [0.3, 0.4) is 0 Å². The summed E-state index contributed by atoms with van der Waals surface area (Å²) in [5, 5.41) is 25.2. The lowest BCUT2D eigenvalue weighted by molar-refractivity contribution is -0.136. The van der Waals surface area contributed by atoms with Gasteiger partial charge < -0.3 is 24.8 Å². The second-order valence-corrected chi connectivity index (χ2v) is 18.4. The average molecular weight is 965 g/mol. The number of nitrogens with zero attached hydrogens (tertiary/aromatic N) is 10. The number of likely N-dealkylation sites (tertiary alicyclic amines) is 1. The normalized spacial score (nSPS) is 16.3. The molecule has 3 fully saturated rings. The Balaban J connectivity index is 0.656. The number of nitriles is 1. The van der Waals surface area contributed by atoms with E-state index in [4.69, 9.17) is 4.74 Å². The molecule has 4 aromatic carbocycles. The van der Waals surface area contributed by atoms with Gasteiger partial charge in [0.2, 0.25) is 11.8 Å². The van der Waals surface area contributed by atoms with Gasteiger partial charge in [-0.3, -0.25) is 29.3 Å². The molecule has 0 saturated carbocycles. The molecule has 3 aliphatic rings. The standard InChI is InChI=1S/C54H52N12O6/c1-35-45-13-12-43(28-46(45)54(71)66(60-35)48-15-16-49(67)59-53(48)70)63-24-22-62(23-25-63)42-10-8-41(9-11-42)56-32-51(69)64-20-18-36(19-21-64)34-72-44-30-57-52(58-31-44)40-7-3-5-38(27-40)33-65-50(68)17-14-47(61-65)39-6-2-4-37(26-39)29-55/h2-14,17,26-28,30-31,36,48,56H,15-16,18-25,32-34H2,1H3,(H,59,67,70).